The number of nitrogens with one attached hydrogen (secondary N) is 1. The van der Waals surface area contributed by atoms with Gasteiger partial charge in [-0.25, -0.2) is 4.79 Å². The Hall–Kier alpha value is -1.73. The van der Waals surface area contributed by atoms with Crippen LogP contribution in [0.4, 0.5) is 4.79 Å². The van der Waals surface area contributed by atoms with Gasteiger partial charge >= 0.3 is 6.09 Å². The zero-order chi connectivity index (χ0) is 22.1. The van der Waals surface area contributed by atoms with Crippen molar-refractivity contribution in [2.24, 2.45) is 5.92 Å². The van der Waals surface area contributed by atoms with E-state index in [4.69, 9.17) is 0 Å². The minimum absolute atomic E-state index is 0.0669. The average Bonchev–Trinajstić information content (AvgIpc) is 2.79. The molecular weight excluding hydrogens is 410 g/mol. The van der Waals surface area contributed by atoms with Crippen molar-refractivity contribution in [3.8, 4) is 0 Å². The summed E-state index contributed by atoms with van der Waals surface area (Å²) >= 11 is 1.73. The average molecular weight is 448 g/mol. The van der Waals surface area contributed by atoms with Crippen molar-refractivity contribution >= 4 is 23.8 Å². The predicted octanol–water partition coefficient (Wildman–Crippen LogP) is 4.06. The standard InChI is InChI=1S/C24H37N3O3S/c1-26(16-19-8-4-2-5-9-19)21-12-14-27(15-13-21)23(28)22(25-24(29)30)18-31-17-20-10-6-3-7-11-20/h2,4-5,8-9,20-22,25H,3,6-7,10-18H2,1H3,(H,29,30)/t22-/m0/s1. The molecule has 2 N–H and O–H groups in total. The van der Waals surface area contributed by atoms with Crippen LogP contribution in [0.1, 0.15) is 50.5 Å². The van der Waals surface area contributed by atoms with E-state index >= 15 is 0 Å². The van der Waals surface area contributed by atoms with Crippen LogP contribution in [0.3, 0.4) is 0 Å². The predicted molar refractivity (Wildman–Crippen MR) is 126 cm³/mol. The van der Waals surface area contributed by atoms with Crippen LogP contribution in [0.2, 0.25) is 0 Å². The molecule has 1 atom stereocenters. The van der Waals surface area contributed by atoms with E-state index in [0.29, 0.717) is 24.9 Å². The van der Waals surface area contributed by atoms with Crippen LogP contribution < -0.4 is 5.32 Å². The monoisotopic (exact) mass is 447 g/mol. The Kier molecular flexibility index (Phi) is 9.53. The first-order valence-corrected chi connectivity index (χ1v) is 12.8. The zero-order valence-electron chi connectivity index (χ0n) is 18.7. The minimum atomic E-state index is -1.12. The lowest BCUT2D eigenvalue weighted by Gasteiger charge is -2.38. The van der Waals surface area contributed by atoms with Crippen LogP contribution in [0.15, 0.2) is 30.3 Å². The van der Waals surface area contributed by atoms with Gasteiger partial charge < -0.3 is 15.3 Å². The second-order valence-electron chi connectivity index (χ2n) is 9.00. The molecule has 2 fully saturated rings. The van der Waals surface area contributed by atoms with Crippen molar-refractivity contribution in [3.63, 3.8) is 0 Å². The van der Waals surface area contributed by atoms with Gasteiger partial charge in [0.15, 0.2) is 0 Å². The molecule has 1 heterocycles. The molecule has 0 radical (unpaired) electrons. The number of piperidine rings is 1. The molecule has 1 saturated carbocycles. The van der Waals surface area contributed by atoms with E-state index < -0.39 is 12.1 Å². The van der Waals surface area contributed by atoms with E-state index in [2.05, 4.69) is 41.5 Å². The molecule has 2 aliphatic rings. The second kappa shape index (κ2) is 12.3. The first-order chi connectivity index (χ1) is 15.0. The van der Waals surface area contributed by atoms with Gasteiger partial charge in [-0.15, -0.1) is 0 Å². The van der Waals surface area contributed by atoms with Crippen molar-refractivity contribution in [3.05, 3.63) is 35.9 Å². The van der Waals surface area contributed by atoms with Gasteiger partial charge in [-0.1, -0.05) is 49.6 Å². The number of amides is 2. The maximum Gasteiger partial charge on any atom is 0.405 e. The molecule has 7 heteroatoms. The fourth-order valence-electron chi connectivity index (χ4n) is 4.78. The van der Waals surface area contributed by atoms with Crippen molar-refractivity contribution in [1.29, 1.82) is 0 Å². The Morgan fingerprint density at radius 3 is 2.45 bits per heavy atom. The Labute approximate surface area is 190 Å². The summed E-state index contributed by atoms with van der Waals surface area (Å²) in [7, 11) is 2.14. The molecule has 0 spiro atoms. The summed E-state index contributed by atoms with van der Waals surface area (Å²) in [4.78, 5) is 28.6. The molecule has 1 aromatic rings. The third-order valence-electron chi connectivity index (χ3n) is 6.63. The molecule has 3 rings (SSSR count). The fraction of sp³-hybridized carbons (Fsp3) is 0.667. The molecule has 1 aliphatic heterocycles. The highest BCUT2D eigenvalue weighted by atomic mass is 32.2. The van der Waals surface area contributed by atoms with Crippen LogP contribution in [0.25, 0.3) is 0 Å². The third-order valence-corrected chi connectivity index (χ3v) is 7.91. The number of carbonyl (C=O) groups is 2. The molecular formula is C24H37N3O3S. The summed E-state index contributed by atoms with van der Waals surface area (Å²) in [5.74, 6) is 2.20. The van der Waals surface area contributed by atoms with Crippen molar-refractivity contribution in [1.82, 2.24) is 15.1 Å². The molecule has 1 aliphatic carbocycles. The highest BCUT2D eigenvalue weighted by molar-refractivity contribution is 7.99. The molecule has 2 amide bonds. The number of thioether (sulfide) groups is 1. The topological polar surface area (TPSA) is 72.9 Å². The summed E-state index contributed by atoms with van der Waals surface area (Å²) in [5.41, 5.74) is 1.30. The maximum absolute atomic E-state index is 13.1. The lowest BCUT2D eigenvalue weighted by Crippen LogP contribution is -2.53. The summed E-state index contributed by atoms with van der Waals surface area (Å²) in [6.45, 7) is 2.28. The van der Waals surface area contributed by atoms with Gasteiger partial charge in [0.25, 0.3) is 0 Å². The number of carbonyl (C=O) groups excluding carboxylic acids is 1. The van der Waals surface area contributed by atoms with Crippen LogP contribution in [0.5, 0.6) is 0 Å². The molecule has 172 valence electrons. The Balaban J connectivity index is 1.45. The summed E-state index contributed by atoms with van der Waals surface area (Å²) in [6.07, 6.45) is 7.19. The normalized spacial score (nSPS) is 19.4. The van der Waals surface area contributed by atoms with Gasteiger partial charge in [0.1, 0.15) is 6.04 Å². The zero-order valence-corrected chi connectivity index (χ0v) is 19.5. The second-order valence-corrected chi connectivity index (χ2v) is 10.1. The van der Waals surface area contributed by atoms with Crippen LogP contribution in [-0.2, 0) is 11.3 Å². The van der Waals surface area contributed by atoms with E-state index in [0.717, 1.165) is 31.1 Å². The SMILES string of the molecule is CN(Cc1ccccc1)C1CCN(C(=O)[C@H](CSCC2CCCCC2)NC(=O)O)CC1. The Morgan fingerprint density at radius 2 is 1.81 bits per heavy atom. The van der Waals surface area contributed by atoms with E-state index in [1.165, 1.54) is 37.7 Å². The third kappa shape index (κ3) is 7.72. The molecule has 1 aromatic carbocycles. The fourth-order valence-corrected chi connectivity index (χ4v) is 6.04. The van der Waals surface area contributed by atoms with Gasteiger partial charge in [-0.2, -0.15) is 11.8 Å². The molecule has 0 bridgehead atoms. The highest BCUT2D eigenvalue weighted by Gasteiger charge is 2.30. The number of rotatable bonds is 9. The van der Waals surface area contributed by atoms with Gasteiger partial charge in [0, 0.05) is 31.4 Å². The smallest absolute Gasteiger partial charge is 0.405 e. The van der Waals surface area contributed by atoms with E-state index in [1.54, 1.807) is 11.8 Å². The van der Waals surface area contributed by atoms with Crippen LogP contribution >= 0.6 is 11.8 Å². The quantitative estimate of drug-likeness (QED) is 0.597. The Bertz CT molecular complexity index is 689. The molecule has 31 heavy (non-hydrogen) atoms. The van der Waals surface area contributed by atoms with Gasteiger partial charge in [0.05, 0.1) is 0 Å². The van der Waals surface area contributed by atoms with Crippen LogP contribution in [0, 0.1) is 5.92 Å². The maximum atomic E-state index is 13.1. The summed E-state index contributed by atoms with van der Waals surface area (Å²) in [5, 5.41) is 11.7. The lowest BCUT2D eigenvalue weighted by atomic mass is 9.91. The van der Waals surface area contributed by atoms with Crippen molar-refractivity contribution < 1.29 is 14.7 Å². The van der Waals surface area contributed by atoms with E-state index in [-0.39, 0.29) is 5.91 Å². The number of hydrogen-bond donors (Lipinski definition) is 2. The lowest BCUT2D eigenvalue weighted by molar-refractivity contribution is -0.134. The molecule has 1 saturated heterocycles. The number of likely N-dealkylation sites (tertiary alicyclic amines) is 1. The molecule has 6 nitrogen and oxygen atoms in total. The van der Waals surface area contributed by atoms with Crippen molar-refractivity contribution in [2.75, 3.05) is 31.6 Å². The van der Waals surface area contributed by atoms with Crippen molar-refractivity contribution in [2.45, 2.75) is 63.6 Å². The Morgan fingerprint density at radius 1 is 1.13 bits per heavy atom. The summed E-state index contributed by atoms with van der Waals surface area (Å²) in [6, 6.07) is 10.2. The number of benzene rings is 1. The molecule has 0 aromatic heterocycles. The van der Waals surface area contributed by atoms with Gasteiger partial charge in [-0.3, -0.25) is 9.69 Å². The number of nitrogens with zero attached hydrogens (tertiary/aromatic N) is 2. The number of hydrogen-bond acceptors (Lipinski definition) is 4. The van der Waals surface area contributed by atoms with Crippen LogP contribution in [-0.4, -0.2) is 70.6 Å². The van der Waals surface area contributed by atoms with Gasteiger partial charge in [0.2, 0.25) is 5.91 Å². The highest BCUT2D eigenvalue weighted by Crippen LogP contribution is 2.27. The summed E-state index contributed by atoms with van der Waals surface area (Å²) < 4.78 is 0. The van der Waals surface area contributed by atoms with E-state index in [9.17, 15) is 14.7 Å². The number of carboxylic acid groups (broad SMARTS) is 1. The van der Waals surface area contributed by atoms with Gasteiger partial charge in [-0.05, 0) is 50.0 Å². The largest absolute Gasteiger partial charge is 0.465 e. The van der Waals surface area contributed by atoms with E-state index in [1.807, 2.05) is 11.0 Å². The first-order valence-electron chi connectivity index (χ1n) is 11.6. The first kappa shape index (κ1) is 23.9. The minimum Gasteiger partial charge on any atom is -0.465 e. The molecule has 0 unspecified atom stereocenters.